The van der Waals surface area contributed by atoms with E-state index in [1.807, 2.05) is 20.8 Å². The van der Waals surface area contributed by atoms with Crippen LogP contribution in [0.15, 0.2) is 24.3 Å². The maximum Gasteiger partial charge on any atom is 0.254 e. The molecule has 1 aliphatic carbocycles. The number of halogens is 1. The van der Waals surface area contributed by atoms with Gasteiger partial charge in [0.25, 0.3) is 5.91 Å². The van der Waals surface area contributed by atoms with Gasteiger partial charge in [-0.3, -0.25) is 48.1 Å². The number of rotatable bonds is 24. The second-order valence-corrected chi connectivity index (χ2v) is 25.3. The van der Waals surface area contributed by atoms with Gasteiger partial charge in [0.05, 0.1) is 13.1 Å². The van der Waals surface area contributed by atoms with Crippen molar-refractivity contribution in [2.24, 2.45) is 29.6 Å². The fourth-order valence-electron chi connectivity index (χ4n) is 9.19. The van der Waals surface area contributed by atoms with Gasteiger partial charge in [-0.05, 0) is 121 Å². The van der Waals surface area contributed by atoms with Crippen molar-refractivity contribution in [1.82, 2.24) is 57.7 Å². The van der Waals surface area contributed by atoms with Gasteiger partial charge in [-0.2, -0.15) is 0 Å². The average molecular weight is 1130 g/mol. The number of hydrogen-bond donors (Lipinski definition) is 9. The molecule has 9 amide bonds. The van der Waals surface area contributed by atoms with Crippen LogP contribution in [0.1, 0.15) is 172 Å². The van der Waals surface area contributed by atoms with Crippen LogP contribution in [0.2, 0.25) is 0 Å². The highest BCUT2D eigenvalue weighted by atomic mass is 19.1. The van der Waals surface area contributed by atoms with Crippen LogP contribution in [0.3, 0.4) is 0 Å². The third-order valence-electron chi connectivity index (χ3n) is 13.5. The molecule has 9 N–H and O–H groups in total. The molecular weight excluding hydrogens is 1030 g/mol. The molecule has 21 heteroatoms. The molecule has 0 spiro atoms. The predicted molar refractivity (Wildman–Crippen MR) is 310 cm³/mol. The van der Waals surface area contributed by atoms with E-state index in [0.29, 0.717) is 44.8 Å². The lowest BCUT2D eigenvalue weighted by Crippen LogP contribution is -2.64. The lowest BCUT2D eigenvalue weighted by Gasteiger charge is -2.33. The van der Waals surface area contributed by atoms with Gasteiger partial charge in [0.2, 0.25) is 47.3 Å². The van der Waals surface area contributed by atoms with Crippen molar-refractivity contribution < 1.29 is 47.5 Å². The molecule has 0 bridgehead atoms. The molecule has 3 fully saturated rings. The van der Waals surface area contributed by atoms with Gasteiger partial charge in [0, 0.05) is 51.4 Å². The number of nitrogens with zero attached hydrogens (tertiary/aromatic N) is 2. The fraction of sp³-hybridized carbons (Fsp3) is 0.746. The zero-order chi connectivity index (χ0) is 60.5. The number of hydrogen-bond acceptors (Lipinski definition) is 11. The Hall–Kier alpha value is -5.70. The zero-order valence-corrected chi connectivity index (χ0v) is 51.1. The first kappa shape index (κ1) is 70.4. The number of carbonyl (C=O) groups is 9. The van der Waals surface area contributed by atoms with Crippen molar-refractivity contribution in [1.29, 1.82) is 0 Å². The number of benzene rings is 1. The highest BCUT2D eigenvalue weighted by Crippen LogP contribution is 2.29. The molecule has 3 aliphatic rings. The summed E-state index contributed by atoms with van der Waals surface area (Å²) >= 11 is 0. The van der Waals surface area contributed by atoms with Crippen LogP contribution in [0, 0.1) is 35.4 Å². The van der Waals surface area contributed by atoms with E-state index < -0.39 is 101 Å². The molecule has 1 saturated carbocycles. The summed E-state index contributed by atoms with van der Waals surface area (Å²) in [6.07, 6.45) is 6.86. The SMILES string of the molecule is CC(C)C.CC(C)C.CC(C)C[C@H](NC(=O)CNC(=O)C(C)(C)NC(=O)CNC(=O)[C@H](CCC1CCCCC1)NC(=O)[C@@H]1CC(C)CN1C(=O)c1ccc(F)cc1)C(=O)NC(C)(C)C(=O)NC(C)(C)C(=O)NCCN1CCNCC1. The number of piperazine rings is 1. The molecule has 2 saturated heterocycles. The Morgan fingerprint density at radius 2 is 1.19 bits per heavy atom. The first-order chi connectivity index (χ1) is 37.2. The standard InChI is InChI=1S/C51H82FN11O9.2C4H10/c1-32(2)27-38(43(67)60-51(8,9)48(72)61-50(6,7)46(70)54-23-26-62-24-21-53-22-25-62)57-40(64)29-56-47(71)49(4,5)59-41(65)30-55-42(66)37(20-15-34-13-11-10-12-14-34)58-44(68)39-28-33(3)31-63(39)45(69)35-16-18-36(52)19-17-35;2*1-4(2)3/h16-19,32-34,37-39,53H,10-15,20-31H2,1-9H3,(H,54,70)(H,55,66)(H,56,71)(H,57,64)(H,58,68)(H,59,65)(H,60,67)(H,61,72);2*4H,1-3H3/t33?,37-,38-,39-;;/m0../s1. The minimum atomic E-state index is -1.57. The summed E-state index contributed by atoms with van der Waals surface area (Å²) in [6, 6.07) is 2.11. The monoisotopic (exact) mass is 1130 g/mol. The van der Waals surface area contributed by atoms with E-state index in [0.717, 1.165) is 70.1 Å². The average Bonchev–Trinajstić information content (AvgIpc) is 3.77. The largest absolute Gasteiger partial charge is 0.353 e. The molecule has 0 aromatic heterocycles. The second kappa shape index (κ2) is 33.9. The molecule has 2 heterocycles. The van der Waals surface area contributed by atoms with Gasteiger partial charge in [-0.15, -0.1) is 0 Å². The van der Waals surface area contributed by atoms with Crippen LogP contribution in [0.4, 0.5) is 4.39 Å². The Bertz CT molecular complexity index is 2160. The molecule has 20 nitrogen and oxygen atoms in total. The van der Waals surface area contributed by atoms with Crippen molar-refractivity contribution in [2.45, 2.75) is 196 Å². The van der Waals surface area contributed by atoms with Gasteiger partial charge in [0.1, 0.15) is 40.6 Å². The Morgan fingerprint density at radius 1 is 0.650 bits per heavy atom. The lowest BCUT2D eigenvalue weighted by molar-refractivity contribution is -0.138. The Morgan fingerprint density at radius 3 is 1.76 bits per heavy atom. The smallest absolute Gasteiger partial charge is 0.254 e. The molecule has 1 unspecified atom stereocenters. The molecule has 1 aromatic rings. The predicted octanol–water partition coefficient (Wildman–Crippen LogP) is 4.32. The summed E-state index contributed by atoms with van der Waals surface area (Å²) in [5, 5.41) is 24.7. The maximum absolute atomic E-state index is 13.9. The zero-order valence-electron chi connectivity index (χ0n) is 51.1. The number of nitrogens with one attached hydrogen (secondary N) is 9. The molecule has 80 heavy (non-hydrogen) atoms. The summed E-state index contributed by atoms with van der Waals surface area (Å²) < 4.78 is 13.6. The molecule has 1 aromatic carbocycles. The van der Waals surface area contributed by atoms with Crippen molar-refractivity contribution in [3.63, 3.8) is 0 Å². The maximum atomic E-state index is 13.9. The normalized spacial score (nSPS) is 17.8. The third kappa shape index (κ3) is 26.3. The minimum absolute atomic E-state index is 0.00941. The fourth-order valence-corrected chi connectivity index (χ4v) is 9.19. The Kier molecular flexibility index (Phi) is 29.8. The van der Waals surface area contributed by atoms with Crippen molar-refractivity contribution in [3.8, 4) is 0 Å². The lowest BCUT2D eigenvalue weighted by atomic mass is 9.85. The Balaban J connectivity index is 0.00000255. The van der Waals surface area contributed by atoms with E-state index in [1.54, 1.807) is 13.8 Å². The van der Waals surface area contributed by atoms with Crippen LogP contribution in [0.5, 0.6) is 0 Å². The van der Waals surface area contributed by atoms with E-state index in [-0.39, 0.29) is 29.7 Å². The topological polar surface area (TPSA) is 268 Å². The summed E-state index contributed by atoms with van der Waals surface area (Å²) in [7, 11) is 0. The molecular formula is C59H102FN11O9. The number of amides is 9. The first-order valence-corrected chi connectivity index (χ1v) is 29.1. The Labute approximate surface area is 477 Å². The summed E-state index contributed by atoms with van der Waals surface area (Å²) in [5.74, 6) is -3.90. The highest BCUT2D eigenvalue weighted by Gasteiger charge is 2.41. The van der Waals surface area contributed by atoms with E-state index in [2.05, 4.69) is 94.3 Å². The van der Waals surface area contributed by atoms with E-state index in [1.165, 1.54) is 56.9 Å². The number of carbonyl (C=O) groups excluding carboxylic acids is 9. The van der Waals surface area contributed by atoms with Crippen molar-refractivity contribution >= 4 is 53.2 Å². The second-order valence-electron chi connectivity index (χ2n) is 25.3. The van der Waals surface area contributed by atoms with Gasteiger partial charge >= 0.3 is 0 Å². The molecule has 4 atom stereocenters. The van der Waals surface area contributed by atoms with Crippen molar-refractivity contribution in [3.05, 3.63) is 35.6 Å². The summed E-state index contributed by atoms with van der Waals surface area (Å²) in [6.45, 7) is 31.3. The van der Waals surface area contributed by atoms with E-state index in [4.69, 9.17) is 0 Å². The van der Waals surface area contributed by atoms with Crippen molar-refractivity contribution in [2.75, 3.05) is 58.9 Å². The van der Waals surface area contributed by atoms with Crippen LogP contribution < -0.4 is 47.9 Å². The van der Waals surface area contributed by atoms with E-state index >= 15 is 0 Å². The summed E-state index contributed by atoms with van der Waals surface area (Å²) in [4.78, 5) is 125. The van der Waals surface area contributed by atoms with Crippen LogP contribution in [-0.2, 0) is 38.4 Å². The van der Waals surface area contributed by atoms with Gasteiger partial charge in [-0.1, -0.05) is 94.4 Å². The van der Waals surface area contributed by atoms with Gasteiger partial charge < -0.3 is 52.8 Å². The summed E-state index contributed by atoms with van der Waals surface area (Å²) in [5.41, 5.74) is -4.14. The van der Waals surface area contributed by atoms with E-state index in [9.17, 15) is 47.5 Å². The number of likely N-dealkylation sites (tertiary alicyclic amines) is 1. The molecule has 4 rings (SSSR count). The first-order valence-electron chi connectivity index (χ1n) is 29.1. The minimum Gasteiger partial charge on any atom is -0.353 e. The molecule has 2 aliphatic heterocycles. The quantitative estimate of drug-likeness (QED) is 0.0704. The van der Waals surface area contributed by atoms with Crippen LogP contribution in [0.25, 0.3) is 0 Å². The highest BCUT2D eigenvalue weighted by molar-refractivity contribution is 6.00. The van der Waals surface area contributed by atoms with Crippen LogP contribution >= 0.6 is 0 Å². The molecule has 454 valence electrons. The molecule has 0 radical (unpaired) electrons. The van der Waals surface area contributed by atoms with Gasteiger partial charge in [-0.25, -0.2) is 4.39 Å². The van der Waals surface area contributed by atoms with Crippen LogP contribution in [-0.4, -0.2) is 157 Å². The third-order valence-corrected chi connectivity index (χ3v) is 13.5. The van der Waals surface area contributed by atoms with Gasteiger partial charge in [0.15, 0.2) is 0 Å².